The van der Waals surface area contributed by atoms with E-state index in [0.717, 1.165) is 62.4 Å². The molecule has 0 aromatic heterocycles. The third-order valence-electron chi connectivity index (χ3n) is 15.8. The number of urea groups is 2. The number of rotatable bonds is 15. The highest BCUT2D eigenvalue weighted by Crippen LogP contribution is 2.49. The Morgan fingerprint density at radius 2 is 0.761 bits per heavy atom. The Kier molecular flexibility index (Phi) is 14.7. The fraction of sp³-hybridized carbons (Fsp3) is 0.492. The largest absolute Gasteiger partial charge is 0.333 e. The van der Waals surface area contributed by atoms with Crippen LogP contribution in [0.4, 0.5) is 32.3 Å². The van der Waals surface area contributed by atoms with Crippen LogP contribution in [0.5, 0.6) is 0 Å². The minimum absolute atomic E-state index is 0.0671. The summed E-state index contributed by atoms with van der Waals surface area (Å²) in [6, 6.07) is 21.1. The van der Waals surface area contributed by atoms with E-state index >= 15 is 28.8 Å². The van der Waals surface area contributed by atoms with E-state index in [4.69, 9.17) is 0 Å². The highest BCUT2D eigenvalue weighted by atomic mass is 16.2. The van der Waals surface area contributed by atoms with E-state index in [0.29, 0.717) is 74.1 Å². The molecule has 2 aliphatic carbocycles. The molecule has 2 unspecified atom stereocenters. The van der Waals surface area contributed by atoms with Gasteiger partial charge in [0.15, 0.2) is 12.1 Å². The number of aryl methyl sites for hydroxylation is 2. The molecule has 2 saturated carbocycles. The summed E-state index contributed by atoms with van der Waals surface area (Å²) in [7, 11) is 0. The Bertz CT molecular complexity index is 2620. The number of nitrogens with zero attached hydrogens (tertiary/aromatic N) is 4. The van der Waals surface area contributed by atoms with Crippen molar-refractivity contribution in [2.45, 2.75) is 187 Å². The molecular formula is C59H74N6O6. The minimum Gasteiger partial charge on any atom is -0.324 e. The Morgan fingerprint density at radius 1 is 0.465 bits per heavy atom. The van der Waals surface area contributed by atoms with E-state index in [9.17, 15) is 0 Å². The van der Waals surface area contributed by atoms with Gasteiger partial charge in [0, 0.05) is 22.7 Å². The van der Waals surface area contributed by atoms with Gasteiger partial charge in [-0.3, -0.25) is 29.0 Å². The number of imide groups is 2. The van der Waals surface area contributed by atoms with Gasteiger partial charge >= 0.3 is 12.1 Å². The molecule has 0 bridgehead atoms. The molecule has 0 radical (unpaired) electrons. The number of hydrogen-bond acceptors (Lipinski definition) is 6. The number of benzene rings is 4. The van der Waals surface area contributed by atoms with Crippen LogP contribution in [0.2, 0.25) is 0 Å². The highest BCUT2D eigenvalue weighted by molar-refractivity contribution is 6.23. The van der Waals surface area contributed by atoms with Gasteiger partial charge in [0.25, 0.3) is 11.8 Å². The molecule has 376 valence electrons. The number of amides is 8. The zero-order valence-electron chi connectivity index (χ0n) is 43.6. The van der Waals surface area contributed by atoms with Gasteiger partial charge in [0.1, 0.15) is 11.1 Å². The summed E-state index contributed by atoms with van der Waals surface area (Å²) in [4.78, 5) is 101. The topological polar surface area (TPSA) is 139 Å². The average molecular weight is 963 g/mol. The van der Waals surface area contributed by atoms with Crippen molar-refractivity contribution in [2.24, 2.45) is 0 Å². The van der Waals surface area contributed by atoms with Crippen LogP contribution in [-0.4, -0.2) is 68.7 Å². The lowest BCUT2D eigenvalue weighted by Gasteiger charge is -2.38. The first kappa shape index (κ1) is 51.1. The molecular weight excluding hydrogens is 889 g/mol. The smallest absolute Gasteiger partial charge is 0.324 e. The maximum absolute atomic E-state index is 16.3. The molecule has 2 N–H and O–H groups in total. The molecule has 12 nitrogen and oxygen atoms in total. The van der Waals surface area contributed by atoms with Crippen LogP contribution in [0.1, 0.15) is 184 Å². The standard InChI is InChI=1S/C59H74N6O6/c1-11-40-24-28-42(29-25-40)64-56(70)62(54(68)58(64)32-14-13-15-33-58)50(52(66)60-48-44(36(3)4)20-18-21-45(48)37(5)6)51(53(67)61-49-46(38(7)8)22-19-23-47(49)39(9)10)63-55(69)59(34-16-17-35-59)65(57(63)71)43-30-26-41(12-2)27-31-43/h18-31,36-39,50-51H,11-17,32-35H2,1-10H3,(H,60,66)(H,61,67). The first-order valence-corrected chi connectivity index (χ1v) is 26.3. The predicted molar refractivity (Wildman–Crippen MR) is 282 cm³/mol. The summed E-state index contributed by atoms with van der Waals surface area (Å²) < 4.78 is 0. The normalized spacial score (nSPS) is 18.6. The second kappa shape index (κ2) is 20.4. The van der Waals surface area contributed by atoms with Crippen molar-refractivity contribution in [3.8, 4) is 0 Å². The fourth-order valence-electron chi connectivity index (χ4n) is 11.9. The van der Waals surface area contributed by atoms with Gasteiger partial charge in [-0.1, -0.05) is 162 Å². The van der Waals surface area contributed by atoms with E-state index in [1.54, 1.807) is 0 Å². The van der Waals surface area contributed by atoms with Crippen molar-refractivity contribution in [1.82, 2.24) is 9.80 Å². The summed E-state index contributed by atoms with van der Waals surface area (Å²) in [6.45, 7) is 20.3. The zero-order valence-corrected chi connectivity index (χ0v) is 43.6. The van der Waals surface area contributed by atoms with E-state index in [-0.39, 0.29) is 23.7 Å². The van der Waals surface area contributed by atoms with Gasteiger partial charge < -0.3 is 10.6 Å². The lowest BCUT2D eigenvalue weighted by molar-refractivity contribution is -0.145. The summed E-state index contributed by atoms with van der Waals surface area (Å²) in [6.07, 6.45) is 6.29. The monoisotopic (exact) mass is 963 g/mol. The molecule has 2 atom stereocenters. The van der Waals surface area contributed by atoms with Crippen LogP contribution in [0, 0.1) is 0 Å². The van der Waals surface area contributed by atoms with E-state index in [1.807, 2.05) is 154 Å². The van der Waals surface area contributed by atoms with Crippen LogP contribution in [-0.2, 0) is 32.0 Å². The van der Waals surface area contributed by atoms with Crippen molar-refractivity contribution < 1.29 is 28.8 Å². The predicted octanol–water partition coefficient (Wildman–Crippen LogP) is 12.6. The van der Waals surface area contributed by atoms with Crippen LogP contribution >= 0.6 is 0 Å². The number of hydrogen-bond donors (Lipinski definition) is 2. The van der Waals surface area contributed by atoms with Crippen LogP contribution < -0.4 is 20.4 Å². The molecule has 4 aliphatic rings. The Balaban J connectivity index is 1.41. The number of nitrogens with one attached hydrogen (secondary N) is 2. The lowest BCUT2D eigenvalue weighted by atomic mass is 9.80. The van der Waals surface area contributed by atoms with Crippen molar-refractivity contribution in [3.05, 3.63) is 118 Å². The molecule has 8 rings (SSSR count). The maximum atomic E-state index is 16.3. The van der Waals surface area contributed by atoms with Gasteiger partial charge in [-0.05, 0) is 120 Å². The third-order valence-corrected chi connectivity index (χ3v) is 15.8. The number of carbonyl (C=O) groups is 6. The van der Waals surface area contributed by atoms with E-state index in [1.165, 1.54) is 9.80 Å². The van der Waals surface area contributed by atoms with Crippen LogP contribution in [0.3, 0.4) is 0 Å². The number of carbonyl (C=O) groups excluding carboxylic acids is 6. The van der Waals surface area contributed by atoms with E-state index < -0.39 is 58.9 Å². The van der Waals surface area contributed by atoms with Gasteiger partial charge in [-0.15, -0.1) is 0 Å². The Hall–Kier alpha value is -6.30. The van der Waals surface area contributed by atoms with Crippen molar-refractivity contribution in [1.29, 1.82) is 0 Å². The molecule has 12 heteroatoms. The third kappa shape index (κ3) is 8.94. The summed E-state index contributed by atoms with van der Waals surface area (Å²) in [5.41, 5.74) is 4.56. The first-order valence-electron chi connectivity index (χ1n) is 26.3. The SMILES string of the molecule is CCc1ccc(N2C(=O)N(C(C(=O)Nc3c(C(C)C)cccc3C(C)C)C(C(=O)Nc3c(C(C)C)cccc3C(C)C)N3C(=O)N(c4ccc(CC)cc4)C4(CCCC4)C3=O)C(=O)C23CCCCC3)cc1. The fourth-order valence-corrected chi connectivity index (χ4v) is 11.9. The minimum atomic E-state index is -2.02. The molecule has 4 fully saturated rings. The van der Waals surface area contributed by atoms with Crippen LogP contribution in [0.15, 0.2) is 84.9 Å². The van der Waals surface area contributed by atoms with Gasteiger partial charge in [-0.2, -0.15) is 0 Å². The molecule has 2 aliphatic heterocycles. The van der Waals surface area contributed by atoms with Crippen LogP contribution in [0.25, 0.3) is 0 Å². The molecule has 8 amide bonds. The summed E-state index contributed by atoms with van der Waals surface area (Å²) in [5, 5.41) is 6.40. The molecule has 4 aromatic rings. The Morgan fingerprint density at radius 3 is 1.04 bits per heavy atom. The molecule has 2 heterocycles. The quantitative estimate of drug-likeness (QED) is 0.114. The zero-order chi connectivity index (χ0) is 51.1. The van der Waals surface area contributed by atoms with Crippen molar-refractivity contribution >= 4 is 58.4 Å². The molecule has 71 heavy (non-hydrogen) atoms. The number of para-hydroxylation sites is 2. The van der Waals surface area contributed by atoms with E-state index in [2.05, 4.69) is 10.6 Å². The second-order valence-electron chi connectivity index (χ2n) is 21.6. The first-order chi connectivity index (χ1) is 33.9. The molecule has 2 saturated heterocycles. The van der Waals surface area contributed by atoms with Crippen molar-refractivity contribution in [2.75, 3.05) is 20.4 Å². The summed E-state index contributed by atoms with van der Waals surface area (Å²) >= 11 is 0. The average Bonchev–Trinajstić information content (AvgIpc) is 3.98. The molecule has 2 spiro atoms. The molecule has 4 aromatic carbocycles. The summed E-state index contributed by atoms with van der Waals surface area (Å²) in [5.74, 6) is -3.25. The lowest BCUT2D eigenvalue weighted by Crippen LogP contribution is -2.65. The van der Waals surface area contributed by atoms with Gasteiger partial charge in [0.05, 0.1) is 0 Å². The number of anilines is 4. The highest BCUT2D eigenvalue weighted by Gasteiger charge is 2.67. The second-order valence-corrected chi connectivity index (χ2v) is 21.6. The Labute approximate surface area is 420 Å². The maximum Gasteiger partial charge on any atom is 0.333 e. The van der Waals surface area contributed by atoms with Gasteiger partial charge in [-0.25, -0.2) is 19.4 Å². The van der Waals surface area contributed by atoms with Gasteiger partial charge in [0.2, 0.25) is 11.8 Å². The van der Waals surface area contributed by atoms with Crippen molar-refractivity contribution in [3.63, 3.8) is 0 Å².